The number of carbonyl (C=O) groups excluding carboxylic acids is 8. The van der Waals surface area contributed by atoms with Crippen LogP contribution in [0.2, 0.25) is 0 Å². The Morgan fingerprint density at radius 2 is 1.73 bits per heavy atom. The largest absolute Gasteiger partial charge is 0.507 e. The molecule has 59 heavy (non-hydrogen) atoms. The molecule has 3 aromatic carbocycles. The molecule has 3 aliphatic rings. The van der Waals surface area contributed by atoms with Crippen molar-refractivity contribution >= 4 is 47.3 Å². The average Bonchev–Trinajstić information content (AvgIpc) is 3.93. The second kappa shape index (κ2) is 16.6. The Labute approximate surface area is 336 Å². The first-order valence-corrected chi connectivity index (χ1v) is 18.8. The fourth-order valence-electron chi connectivity index (χ4n) is 7.17. The third-order valence-corrected chi connectivity index (χ3v) is 10.2. The Morgan fingerprint density at radius 1 is 0.932 bits per heavy atom. The van der Waals surface area contributed by atoms with Crippen LogP contribution < -0.4 is 26.0 Å². The van der Waals surface area contributed by atoms with Crippen molar-refractivity contribution in [2.75, 3.05) is 33.8 Å². The zero-order chi connectivity index (χ0) is 42.0. The summed E-state index contributed by atoms with van der Waals surface area (Å²) in [6.45, 7) is -0.0376. The van der Waals surface area contributed by atoms with Crippen LogP contribution in [0.15, 0.2) is 65.2 Å². The van der Waals surface area contributed by atoms with Crippen LogP contribution in [-0.4, -0.2) is 107 Å². The van der Waals surface area contributed by atoms with Crippen LogP contribution in [0, 0.1) is 0 Å². The fraction of sp³-hybridized carbons (Fsp3) is 0.293. The maximum atomic E-state index is 13.2. The number of hydrogen-bond acceptors (Lipinski definition) is 12. The standard InChI is InChI=1S/C41H39N7O11/c1-47(2)39(55)24-11-9-22(18-30(24)49)32-19-28(46-59-32)37(53)44-27-12-10-21-7-8-23(17-26(21)27)36(52)43-16-4-15-42-34(51)20-58-31-6-3-5-25-35(31)41(57)48(40(25)56)29-13-14-33(50)45-38(29)54/h3,5-9,11,17-19,27,29,49H,4,10,12-16,20H2,1-2H3,(H,42,51)(H,43,52)(H,44,53)(H,45,50,54)/t27-,29?/m1/s1. The third-order valence-electron chi connectivity index (χ3n) is 10.2. The van der Waals surface area contributed by atoms with Crippen molar-refractivity contribution in [1.82, 2.24) is 36.2 Å². The Kier molecular flexibility index (Phi) is 11.2. The first kappa shape index (κ1) is 39.8. The highest BCUT2D eigenvalue weighted by Crippen LogP contribution is 2.35. The highest BCUT2D eigenvalue weighted by Gasteiger charge is 2.46. The molecule has 1 fully saturated rings. The van der Waals surface area contributed by atoms with E-state index in [0.29, 0.717) is 30.4 Å². The quantitative estimate of drug-likeness (QED) is 0.0961. The maximum absolute atomic E-state index is 13.2. The molecule has 1 saturated heterocycles. The van der Waals surface area contributed by atoms with E-state index in [4.69, 9.17) is 9.26 Å². The molecule has 7 rings (SSSR count). The summed E-state index contributed by atoms with van der Waals surface area (Å²) in [4.78, 5) is 103. The van der Waals surface area contributed by atoms with Gasteiger partial charge in [-0.25, -0.2) is 0 Å². The number of carbonyl (C=O) groups is 8. The van der Waals surface area contributed by atoms with Gasteiger partial charge in [0.2, 0.25) is 11.8 Å². The maximum Gasteiger partial charge on any atom is 0.273 e. The summed E-state index contributed by atoms with van der Waals surface area (Å²) in [6.07, 6.45) is 1.67. The van der Waals surface area contributed by atoms with Gasteiger partial charge in [0.25, 0.3) is 35.4 Å². The van der Waals surface area contributed by atoms with E-state index in [-0.39, 0.29) is 83.4 Å². The molecule has 5 N–H and O–H groups in total. The minimum atomic E-state index is -1.14. The summed E-state index contributed by atoms with van der Waals surface area (Å²) in [5.74, 6) is -4.38. The van der Waals surface area contributed by atoms with Gasteiger partial charge in [0.05, 0.1) is 22.7 Å². The zero-order valence-corrected chi connectivity index (χ0v) is 32.0. The number of ether oxygens (including phenoxy) is 1. The van der Waals surface area contributed by atoms with Crippen molar-refractivity contribution in [1.29, 1.82) is 0 Å². The van der Waals surface area contributed by atoms with E-state index in [9.17, 15) is 43.5 Å². The Hall–Kier alpha value is -7.37. The predicted molar refractivity (Wildman–Crippen MR) is 205 cm³/mol. The normalized spacial score (nSPS) is 16.9. The monoisotopic (exact) mass is 805 g/mol. The number of nitrogens with one attached hydrogen (secondary N) is 4. The molecule has 18 nitrogen and oxygen atoms in total. The van der Waals surface area contributed by atoms with Crippen LogP contribution in [-0.2, 0) is 20.8 Å². The van der Waals surface area contributed by atoms with Gasteiger partial charge < -0.3 is 35.2 Å². The van der Waals surface area contributed by atoms with Crippen LogP contribution in [0.4, 0.5) is 0 Å². The fourth-order valence-corrected chi connectivity index (χ4v) is 7.17. The van der Waals surface area contributed by atoms with Crippen molar-refractivity contribution in [3.63, 3.8) is 0 Å². The number of amides is 8. The van der Waals surface area contributed by atoms with Crippen molar-refractivity contribution in [3.8, 4) is 22.8 Å². The van der Waals surface area contributed by atoms with Crippen molar-refractivity contribution in [2.24, 2.45) is 0 Å². The van der Waals surface area contributed by atoms with Crippen LogP contribution in [0.1, 0.15) is 94.8 Å². The lowest BCUT2D eigenvalue weighted by atomic mass is 10.0. The van der Waals surface area contributed by atoms with E-state index < -0.39 is 48.1 Å². The molecule has 0 bridgehead atoms. The van der Waals surface area contributed by atoms with Gasteiger partial charge in [-0.1, -0.05) is 23.4 Å². The predicted octanol–water partition coefficient (Wildman–Crippen LogP) is 1.88. The first-order chi connectivity index (χ1) is 28.3. The van der Waals surface area contributed by atoms with Gasteiger partial charge in [-0.05, 0) is 73.2 Å². The molecule has 1 aliphatic carbocycles. The summed E-state index contributed by atoms with van der Waals surface area (Å²) in [5.41, 5.74) is 2.70. The number of fused-ring (bicyclic) bond motifs is 2. The highest BCUT2D eigenvalue weighted by atomic mass is 16.5. The van der Waals surface area contributed by atoms with E-state index >= 15 is 0 Å². The molecule has 0 saturated carbocycles. The third kappa shape index (κ3) is 8.23. The topological polar surface area (TPSA) is 247 Å². The van der Waals surface area contributed by atoms with E-state index in [0.717, 1.165) is 16.0 Å². The van der Waals surface area contributed by atoms with Crippen LogP contribution in [0.25, 0.3) is 11.3 Å². The molecule has 2 atom stereocenters. The second-order valence-corrected chi connectivity index (χ2v) is 14.4. The van der Waals surface area contributed by atoms with Crippen molar-refractivity contribution in [2.45, 2.75) is 44.2 Å². The summed E-state index contributed by atoms with van der Waals surface area (Å²) in [5, 5.41) is 24.9. The molecule has 1 unspecified atom stereocenters. The molecule has 1 aromatic heterocycles. The number of aromatic nitrogens is 1. The van der Waals surface area contributed by atoms with Gasteiger partial charge in [0.1, 0.15) is 17.5 Å². The molecule has 0 spiro atoms. The minimum Gasteiger partial charge on any atom is -0.507 e. The first-order valence-electron chi connectivity index (χ1n) is 18.8. The molecule has 2 aliphatic heterocycles. The number of benzene rings is 3. The van der Waals surface area contributed by atoms with Gasteiger partial charge in [0.15, 0.2) is 18.1 Å². The molecule has 304 valence electrons. The average molecular weight is 806 g/mol. The number of rotatable bonds is 13. The molecule has 0 radical (unpaired) electrons. The number of nitrogens with zero attached hydrogens (tertiary/aromatic N) is 3. The number of imide groups is 2. The zero-order valence-electron chi connectivity index (χ0n) is 32.0. The number of piperidine rings is 1. The van der Waals surface area contributed by atoms with Crippen LogP contribution in [0.5, 0.6) is 11.5 Å². The number of aromatic hydroxyl groups is 1. The molecule has 4 aromatic rings. The summed E-state index contributed by atoms with van der Waals surface area (Å²) >= 11 is 0. The number of phenols is 1. The second-order valence-electron chi connectivity index (χ2n) is 14.4. The van der Waals surface area contributed by atoms with Gasteiger partial charge in [-0.3, -0.25) is 48.6 Å². The molecular formula is C41H39N7O11. The molecule has 3 heterocycles. The lowest BCUT2D eigenvalue weighted by molar-refractivity contribution is -0.136. The van der Waals surface area contributed by atoms with E-state index in [2.05, 4.69) is 26.4 Å². The van der Waals surface area contributed by atoms with Crippen LogP contribution in [0.3, 0.4) is 0 Å². The van der Waals surface area contributed by atoms with Gasteiger partial charge in [0, 0.05) is 50.8 Å². The minimum absolute atomic E-state index is 0.00118. The highest BCUT2D eigenvalue weighted by molar-refractivity contribution is 6.24. The summed E-state index contributed by atoms with van der Waals surface area (Å²) in [7, 11) is 3.15. The number of hydrogen-bond donors (Lipinski definition) is 5. The van der Waals surface area contributed by atoms with Crippen LogP contribution >= 0.6 is 0 Å². The SMILES string of the molecule is CN(C)C(=O)c1ccc(-c2cc(C(=O)N[C@@H]3CCc4ccc(C(=O)NCCCNC(=O)COc5cccc6c5C(=O)N(C5CCC(=O)NC5=O)C6=O)cc43)no2)cc1O. The lowest BCUT2D eigenvalue weighted by Gasteiger charge is -2.27. The summed E-state index contributed by atoms with van der Waals surface area (Å²) < 4.78 is 11.0. The Morgan fingerprint density at radius 3 is 2.49 bits per heavy atom. The van der Waals surface area contributed by atoms with E-state index in [1.165, 1.54) is 41.3 Å². The smallest absolute Gasteiger partial charge is 0.273 e. The number of phenolic OH excluding ortho intramolecular Hbond substituents is 1. The Balaban J connectivity index is 0.864. The van der Waals surface area contributed by atoms with Gasteiger partial charge >= 0.3 is 0 Å². The van der Waals surface area contributed by atoms with Crippen molar-refractivity contribution < 1.29 is 52.7 Å². The molecule has 18 heteroatoms. The Bertz CT molecular complexity index is 2420. The molecule has 8 amide bonds. The van der Waals surface area contributed by atoms with Crippen molar-refractivity contribution in [3.05, 3.63) is 99.7 Å². The lowest BCUT2D eigenvalue weighted by Crippen LogP contribution is -2.54. The molecular weight excluding hydrogens is 766 g/mol. The summed E-state index contributed by atoms with van der Waals surface area (Å²) in [6, 6.07) is 14.0. The van der Waals surface area contributed by atoms with Gasteiger partial charge in [-0.2, -0.15) is 0 Å². The number of aryl methyl sites for hydroxylation is 1. The van der Waals surface area contributed by atoms with Gasteiger partial charge in [-0.15, -0.1) is 0 Å². The van der Waals surface area contributed by atoms with E-state index in [1.54, 1.807) is 32.3 Å². The van der Waals surface area contributed by atoms with E-state index in [1.807, 2.05) is 6.07 Å².